The Morgan fingerprint density at radius 1 is 1.19 bits per heavy atom. The zero-order valence-electron chi connectivity index (χ0n) is 13.1. The lowest BCUT2D eigenvalue weighted by molar-refractivity contribution is 0.355. The van der Waals surface area contributed by atoms with E-state index in [1.54, 1.807) is 14.2 Å². The van der Waals surface area contributed by atoms with Gasteiger partial charge in [-0.1, -0.05) is 0 Å². The number of methoxy groups -OCH3 is 2. The Balaban J connectivity index is 2.38. The fraction of sp³-hybridized carbons (Fsp3) is 0.400. The normalized spacial score (nSPS) is 10.8. The van der Waals surface area contributed by atoms with E-state index in [0.717, 1.165) is 17.2 Å². The summed E-state index contributed by atoms with van der Waals surface area (Å²) in [5, 5.41) is 7.76. The van der Waals surface area contributed by atoms with Crippen molar-refractivity contribution in [3.8, 4) is 11.5 Å². The van der Waals surface area contributed by atoms with Crippen LogP contribution in [0.1, 0.15) is 25.6 Å². The molecule has 0 amide bonds. The van der Waals surface area contributed by atoms with Gasteiger partial charge in [-0.25, -0.2) is 4.68 Å². The first-order valence-corrected chi connectivity index (χ1v) is 6.81. The van der Waals surface area contributed by atoms with E-state index < -0.39 is 0 Å². The first kappa shape index (κ1) is 15.0. The predicted octanol–water partition coefficient (Wildman–Crippen LogP) is 3.12. The lowest BCUT2D eigenvalue weighted by Crippen LogP contribution is -2.08. The monoisotopic (exact) mass is 290 g/mol. The Bertz CT molecular complexity index is 635. The minimum atomic E-state index is 0.212. The number of anilines is 3. The van der Waals surface area contributed by atoms with Crippen molar-refractivity contribution >= 4 is 17.2 Å². The highest BCUT2D eigenvalue weighted by atomic mass is 16.5. The molecule has 0 saturated heterocycles. The summed E-state index contributed by atoms with van der Waals surface area (Å²) in [6, 6.07) is 5.84. The average Bonchev–Trinajstić information content (AvgIpc) is 2.75. The number of nitrogens with two attached hydrogens (primary N) is 1. The molecule has 0 fully saturated rings. The van der Waals surface area contributed by atoms with Gasteiger partial charge >= 0.3 is 0 Å². The highest BCUT2D eigenvalue weighted by Crippen LogP contribution is 2.33. The summed E-state index contributed by atoms with van der Waals surface area (Å²) < 4.78 is 12.4. The van der Waals surface area contributed by atoms with Crippen LogP contribution >= 0.6 is 0 Å². The van der Waals surface area contributed by atoms with E-state index in [1.165, 1.54) is 0 Å². The highest BCUT2D eigenvalue weighted by molar-refractivity contribution is 5.72. The molecule has 1 heterocycles. The Morgan fingerprint density at radius 3 is 2.43 bits per heavy atom. The van der Waals surface area contributed by atoms with Crippen molar-refractivity contribution in [2.75, 3.05) is 25.3 Å². The van der Waals surface area contributed by atoms with Crippen LogP contribution in [0.3, 0.4) is 0 Å². The maximum Gasteiger partial charge on any atom is 0.162 e. The van der Waals surface area contributed by atoms with Crippen LogP contribution in [-0.4, -0.2) is 24.0 Å². The molecule has 0 bridgehead atoms. The van der Waals surface area contributed by atoms with Crippen molar-refractivity contribution in [1.82, 2.24) is 9.78 Å². The van der Waals surface area contributed by atoms with Crippen molar-refractivity contribution in [3.05, 3.63) is 23.9 Å². The van der Waals surface area contributed by atoms with Crippen LogP contribution in [0.2, 0.25) is 0 Å². The number of aromatic nitrogens is 2. The Hall–Kier alpha value is -2.37. The molecule has 1 aromatic heterocycles. The predicted molar refractivity (Wildman–Crippen MR) is 84.6 cm³/mol. The Labute approximate surface area is 124 Å². The van der Waals surface area contributed by atoms with Crippen molar-refractivity contribution < 1.29 is 9.47 Å². The molecule has 0 radical (unpaired) electrons. The van der Waals surface area contributed by atoms with E-state index in [2.05, 4.69) is 24.3 Å². The van der Waals surface area contributed by atoms with Crippen molar-refractivity contribution in [3.63, 3.8) is 0 Å². The number of hydrogen-bond acceptors (Lipinski definition) is 5. The van der Waals surface area contributed by atoms with Gasteiger partial charge < -0.3 is 20.5 Å². The van der Waals surface area contributed by atoms with Gasteiger partial charge in [0.2, 0.25) is 0 Å². The van der Waals surface area contributed by atoms with Gasteiger partial charge in [0.05, 0.1) is 25.6 Å². The SMILES string of the molecule is COc1ccc(Nc2c(N)c(C)nn2C(C)C)cc1OC. The number of benzene rings is 1. The van der Waals surface area contributed by atoms with Crippen LogP contribution in [0.25, 0.3) is 0 Å². The second-order valence-corrected chi connectivity index (χ2v) is 5.08. The fourth-order valence-electron chi connectivity index (χ4n) is 2.11. The number of nitrogens with one attached hydrogen (secondary N) is 1. The van der Waals surface area contributed by atoms with E-state index in [0.29, 0.717) is 17.2 Å². The molecule has 114 valence electrons. The lowest BCUT2D eigenvalue weighted by atomic mass is 10.2. The highest BCUT2D eigenvalue weighted by Gasteiger charge is 2.15. The second kappa shape index (κ2) is 5.95. The topological polar surface area (TPSA) is 74.3 Å². The molecule has 0 spiro atoms. The van der Waals surface area contributed by atoms with E-state index >= 15 is 0 Å². The molecule has 0 aliphatic heterocycles. The summed E-state index contributed by atoms with van der Waals surface area (Å²) in [5.74, 6) is 2.13. The summed E-state index contributed by atoms with van der Waals surface area (Å²) in [7, 11) is 3.22. The van der Waals surface area contributed by atoms with Gasteiger partial charge in [-0.15, -0.1) is 0 Å². The molecule has 21 heavy (non-hydrogen) atoms. The van der Waals surface area contributed by atoms with Crippen LogP contribution < -0.4 is 20.5 Å². The minimum absolute atomic E-state index is 0.212. The number of nitrogens with zero attached hydrogens (tertiary/aromatic N) is 2. The van der Waals surface area contributed by atoms with Gasteiger partial charge in [0.15, 0.2) is 17.3 Å². The molecule has 0 aliphatic carbocycles. The maximum absolute atomic E-state index is 6.11. The molecule has 2 aromatic rings. The molecule has 6 heteroatoms. The van der Waals surface area contributed by atoms with Crippen molar-refractivity contribution in [1.29, 1.82) is 0 Å². The lowest BCUT2D eigenvalue weighted by Gasteiger charge is -2.15. The van der Waals surface area contributed by atoms with Gasteiger partial charge in [0.25, 0.3) is 0 Å². The number of rotatable bonds is 5. The van der Waals surface area contributed by atoms with E-state index in [4.69, 9.17) is 15.2 Å². The third-order valence-corrected chi connectivity index (χ3v) is 3.27. The second-order valence-electron chi connectivity index (χ2n) is 5.08. The van der Waals surface area contributed by atoms with E-state index in [1.807, 2.05) is 29.8 Å². The molecule has 1 aromatic carbocycles. The molecule has 3 N–H and O–H groups in total. The molecule has 0 atom stereocenters. The molecule has 0 aliphatic rings. The van der Waals surface area contributed by atoms with Crippen LogP contribution in [0.4, 0.5) is 17.2 Å². The van der Waals surface area contributed by atoms with Gasteiger partial charge in [-0.2, -0.15) is 5.10 Å². The fourth-order valence-corrected chi connectivity index (χ4v) is 2.11. The summed E-state index contributed by atoms with van der Waals surface area (Å²) in [6.45, 7) is 6.02. The molecule has 2 rings (SSSR count). The largest absolute Gasteiger partial charge is 0.493 e. The third kappa shape index (κ3) is 2.89. The van der Waals surface area contributed by atoms with Gasteiger partial charge in [-0.3, -0.25) is 0 Å². The molecule has 0 saturated carbocycles. The molecular formula is C15H22N4O2. The minimum Gasteiger partial charge on any atom is -0.493 e. The molecule has 0 unspecified atom stereocenters. The van der Waals surface area contributed by atoms with Gasteiger partial charge in [0, 0.05) is 17.8 Å². The van der Waals surface area contributed by atoms with E-state index in [-0.39, 0.29) is 6.04 Å². The first-order valence-electron chi connectivity index (χ1n) is 6.81. The molecular weight excluding hydrogens is 268 g/mol. The first-order chi connectivity index (χ1) is 9.97. The van der Waals surface area contributed by atoms with Crippen LogP contribution in [0.5, 0.6) is 11.5 Å². The number of ether oxygens (including phenoxy) is 2. The summed E-state index contributed by atoms with van der Waals surface area (Å²) >= 11 is 0. The zero-order valence-corrected chi connectivity index (χ0v) is 13.1. The third-order valence-electron chi connectivity index (χ3n) is 3.27. The van der Waals surface area contributed by atoms with E-state index in [9.17, 15) is 0 Å². The van der Waals surface area contributed by atoms with Gasteiger partial charge in [-0.05, 0) is 32.9 Å². The maximum atomic E-state index is 6.11. The number of aryl methyl sites for hydroxylation is 1. The van der Waals surface area contributed by atoms with Crippen LogP contribution in [-0.2, 0) is 0 Å². The summed E-state index contributed by atoms with van der Waals surface area (Å²) in [6.07, 6.45) is 0. The van der Waals surface area contributed by atoms with Crippen molar-refractivity contribution in [2.24, 2.45) is 0 Å². The quantitative estimate of drug-likeness (QED) is 0.885. The van der Waals surface area contributed by atoms with Gasteiger partial charge in [0.1, 0.15) is 0 Å². The summed E-state index contributed by atoms with van der Waals surface area (Å²) in [5.41, 5.74) is 8.44. The average molecular weight is 290 g/mol. The number of nitrogen functional groups attached to an aromatic ring is 1. The zero-order chi connectivity index (χ0) is 15.6. The number of hydrogen-bond donors (Lipinski definition) is 2. The summed E-state index contributed by atoms with van der Waals surface area (Å²) in [4.78, 5) is 0. The Kier molecular flexibility index (Phi) is 4.26. The Morgan fingerprint density at radius 2 is 1.86 bits per heavy atom. The smallest absolute Gasteiger partial charge is 0.162 e. The van der Waals surface area contributed by atoms with Crippen molar-refractivity contribution in [2.45, 2.75) is 26.8 Å². The molecule has 6 nitrogen and oxygen atoms in total. The van der Waals surface area contributed by atoms with Crippen LogP contribution in [0, 0.1) is 6.92 Å². The standard InChI is InChI=1S/C15H22N4O2/c1-9(2)19-15(14(16)10(3)18-19)17-11-6-7-12(20-4)13(8-11)21-5/h6-9,17H,16H2,1-5H3. The van der Waals surface area contributed by atoms with Crippen LogP contribution in [0.15, 0.2) is 18.2 Å².